The van der Waals surface area contributed by atoms with Gasteiger partial charge in [-0.3, -0.25) is 0 Å². The van der Waals surface area contributed by atoms with Crippen molar-refractivity contribution >= 4 is 11.0 Å². The highest BCUT2D eigenvalue weighted by molar-refractivity contribution is 5.83. The number of benzene rings is 2. The third-order valence-electron chi connectivity index (χ3n) is 7.25. The van der Waals surface area contributed by atoms with E-state index in [1.807, 2.05) is 18.2 Å². The molecule has 3 heteroatoms. The summed E-state index contributed by atoms with van der Waals surface area (Å²) in [6.45, 7) is 14.1. The van der Waals surface area contributed by atoms with Crippen molar-refractivity contribution in [3.8, 4) is 17.1 Å². The number of aromatic nitrogens is 2. The minimum Gasteiger partial charge on any atom is -0.507 e. The van der Waals surface area contributed by atoms with E-state index in [2.05, 4.69) is 58.7 Å². The molecule has 1 aromatic heterocycles. The molecule has 0 spiro atoms. The Bertz CT molecular complexity index is 937. The van der Waals surface area contributed by atoms with Gasteiger partial charge in [0.05, 0.1) is 16.6 Å². The van der Waals surface area contributed by atoms with Crippen LogP contribution < -0.4 is 0 Å². The number of hydrogen-bond donors (Lipinski definition) is 2. The summed E-state index contributed by atoms with van der Waals surface area (Å²) in [6, 6.07) is 11.8. The van der Waals surface area contributed by atoms with Gasteiger partial charge in [0.2, 0.25) is 0 Å². The monoisotopic (exact) mass is 334 g/mol. The van der Waals surface area contributed by atoms with E-state index in [1.165, 1.54) is 11.1 Å². The normalized spacial score (nSPS) is 19.9. The SMILES string of the molecule is CC1(C)c2cc3nc(-c4ccccc4O)[nH]c3cc2C(C)(C)C1(C)C. The van der Waals surface area contributed by atoms with Gasteiger partial charge in [-0.05, 0) is 51.6 Å². The largest absolute Gasteiger partial charge is 0.507 e. The third kappa shape index (κ3) is 1.90. The zero-order chi connectivity index (χ0) is 18.2. The molecule has 4 rings (SSSR count). The molecule has 25 heavy (non-hydrogen) atoms. The second kappa shape index (κ2) is 4.66. The number of nitrogens with zero attached hydrogens (tertiary/aromatic N) is 1. The van der Waals surface area contributed by atoms with Gasteiger partial charge in [-0.2, -0.15) is 0 Å². The Morgan fingerprint density at radius 1 is 0.880 bits per heavy atom. The lowest BCUT2D eigenvalue weighted by Crippen LogP contribution is -2.42. The standard InChI is InChI=1S/C22H26N2O/c1-20(2)14-11-16-17(12-15(14)21(3,4)22(20,5)6)24-19(23-16)13-9-7-8-10-18(13)25/h7-12,25H,1-6H3,(H,23,24). The quantitative estimate of drug-likeness (QED) is 0.614. The molecule has 1 aliphatic carbocycles. The van der Waals surface area contributed by atoms with Crippen molar-refractivity contribution in [3.63, 3.8) is 0 Å². The molecular weight excluding hydrogens is 308 g/mol. The number of rotatable bonds is 1. The van der Waals surface area contributed by atoms with Gasteiger partial charge in [0.1, 0.15) is 11.6 Å². The molecule has 2 N–H and O–H groups in total. The van der Waals surface area contributed by atoms with Crippen molar-refractivity contribution in [2.45, 2.75) is 52.4 Å². The van der Waals surface area contributed by atoms with Gasteiger partial charge in [-0.25, -0.2) is 4.98 Å². The highest BCUT2D eigenvalue weighted by Crippen LogP contribution is 2.61. The van der Waals surface area contributed by atoms with Crippen molar-refractivity contribution < 1.29 is 5.11 Å². The molecule has 130 valence electrons. The van der Waals surface area contributed by atoms with Crippen LogP contribution in [0.25, 0.3) is 22.4 Å². The fourth-order valence-corrected chi connectivity index (χ4v) is 4.35. The minimum atomic E-state index is 0.0635. The number of imidazole rings is 1. The van der Waals surface area contributed by atoms with Crippen LogP contribution in [0.5, 0.6) is 5.75 Å². The fraction of sp³-hybridized carbons (Fsp3) is 0.409. The summed E-state index contributed by atoms with van der Waals surface area (Å²) in [5.74, 6) is 0.961. The van der Waals surface area contributed by atoms with Gasteiger partial charge in [-0.15, -0.1) is 0 Å². The summed E-state index contributed by atoms with van der Waals surface area (Å²) in [5, 5.41) is 10.1. The van der Waals surface area contributed by atoms with E-state index in [0.717, 1.165) is 16.6 Å². The van der Waals surface area contributed by atoms with Gasteiger partial charge >= 0.3 is 0 Å². The Labute approximate surface area is 149 Å². The first-order valence-electron chi connectivity index (χ1n) is 8.90. The predicted octanol–water partition coefficient (Wildman–Crippen LogP) is 5.53. The molecule has 3 nitrogen and oxygen atoms in total. The molecule has 1 heterocycles. The highest BCUT2D eigenvalue weighted by atomic mass is 16.3. The molecule has 0 aliphatic heterocycles. The molecule has 0 bridgehead atoms. The van der Waals surface area contributed by atoms with Crippen LogP contribution in [-0.2, 0) is 10.8 Å². The molecule has 2 aromatic carbocycles. The first-order chi connectivity index (χ1) is 11.6. The lowest BCUT2D eigenvalue weighted by molar-refractivity contribution is 0.125. The number of fused-ring (bicyclic) bond motifs is 2. The Morgan fingerprint density at radius 3 is 2.12 bits per heavy atom. The maximum absolute atomic E-state index is 10.1. The van der Waals surface area contributed by atoms with Crippen LogP contribution in [0.1, 0.15) is 52.7 Å². The molecule has 3 aromatic rings. The second-order valence-electron chi connectivity index (χ2n) is 8.89. The maximum Gasteiger partial charge on any atom is 0.142 e. The summed E-state index contributed by atoms with van der Waals surface area (Å²) in [5.41, 5.74) is 5.76. The summed E-state index contributed by atoms with van der Waals surface area (Å²) < 4.78 is 0. The number of para-hydroxylation sites is 1. The zero-order valence-electron chi connectivity index (χ0n) is 15.9. The smallest absolute Gasteiger partial charge is 0.142 e. The average molecular weight is 334 g/mol. The van der Waals surface area contributed by atoms with Crippen molar-refractivity contribution in [2.75, 3.05) is 0 Å². The van der Waals surface area contributed by atoms with Gasteiger partial charge in [0, 0.05) is 0 Å². The topological polar surface area (TPSA) is 48.9 Å². The van der Waals surface area contributed by atoms with E-state index < -0.39 is 0 Å². The van der Waals surface area contributed by atoms with Gasteiger partial charge in [0.25, 0.3) is 0 Å². The number of nitrogens with one attached hydrogen (secondary N) is 1. The van der Waals surface area contributed by atoms with Crippen molar-refractivity contribution in [3.05, 3.63) is 47.5 Å². The van der Waals surface area contributed by atoms with Crippen LogP contribution in [0.2, 0.25) is 0 Å². The molecular formula is C22H26N2O. The molecule has 1 aliphatic rings. The summed E-state index contributed by atoms with van der Waals surface area (Å²) in [6.07, 6.45) is 0. The fourth-order valence-electron chi connectivity index (χ4n) is 4.35. The zero-order valence-corrected chi connectivity index (χ0v) is 15.9. The molecule has 0 fully saturated rings. The van der Waals surface area contributed by atoms with E-state index in [1.54, 1.807) is 6.07 Å². The Kier molecular flexibility index (Phi) is 3.02. The van der Waals surface area contributed by atoms with E-state index in [9.17, 15) is 5.11 Å². The van der Waals surface area contributed by atoms with E-state index >= 15 is 0 Å². The maximum atomic E-state index is 10.1. The first-order valence-corrected chi connectivity index (χ1v) is 8.90. The Balaban J connectivity index is 1.97. The van der Waals surface area contributed by atoms with Gasteiger partial charge in [-0.1, -0.05) is 53.7 Å². The highest BCUT2D eigenvalue weighted by Gasteiger charge is 2.56. The number of phenolic OH excluding ortho intramolecular Hbond substituents is 1. The first kappa shape index (κ1) is 16.2. The number of aromatic hydroxyl groups is 1. The molecule has 0 saturated heterocycles. The third-order valence-corrected chi connectivity index (χ3v) is 7.25. The number of aromatic amines is 1. The molecule has 0 saturated carbocycles. The number of phenols is 1. The van der Waals surface area contributed by atoms with Crippen LogP contribution in [0.15, 0.2) is 36.4 Å². The Morgan fingerprint density at radius 2 is 1.48 bits per heavy atom. The van der Waals surface area contributed by atoms with Crippen LogP contribution in [-0.4, -0.2) is 15.1 Å². The van der Waals surface area contributed by atoms with Crippen LogP contribution >= 0.6 is 0 Å². The van der Waals surface area contributed by atoms with E-state index in [-0.39, 0.29) is 22.0 Å². The van der Waals surface area contributed by atoms with E-state index in [0.29, 0.717) is 5.82 Å². The number of H-pyrrole nitrogens is 1. The molecule has 0 unspecified atom stereocenters. The Hall–Kier alpha value is -2.29. The minimum absolute atomic E-state index is 0.0635. The van der Waals surface area contributed by atoms with E-state index in [4.69, 9.17) is 4.98 Å². The lowest BCUT2D eigenvalue weighted by atomic mass is 9.59. The van der Waals surface area contributed by atoms with Gasteiger partial charge in [0.15, 0.2) is 0 Å². The molecule has 0 amide bonds. The molecule has 0 atom stereocenters. The van der Waals surface area contributed by atoms with Gasteiger partial charge < -0.3 is 10.1 Å². The van der Waals surface area contributed by atoms with Crippen LogP contribution in [0, 0.1) is 5.41 Å². The molecule has 0 radical (unpaired) electrons. The van der Waals surface area contributed by atoms with Crippen molar-refractivity contribution in [1.82, 2.24) is 9.97 Å². The predicted molar refractivity (Wildman–Crippen MR) is 103 cm³/mol. The number of hydrogen-bond acceptors (Lipinski definition) is 2. The van der Waals surface area contributed by atoms with Crippen molar-refractivity contribution in [2.24, 2.45) is 5.41 Å². The van der Waals surface area contributed by atoms with Crippen molar-refractivity contribution in [1.29, 1.82) is 0 Å². The van der Waals surface area contributed by atoms with Crippen LogP contribution in [0.3, 0.4) is 0 Å². The summed E-state index contributed by atoms with van der Waals surface area (Å²) in [4.78, 5) is 8.17. The summed E-state index contributed by atoms with van der Waals surface area (Å²) in [7, 11) is 0. The summed E-state index contributed by atoms with van der Waals surface area (Å²) >= 11 is 0. The second-order valence-corrected chi connectivity index (χ2v) is 8.89. The lowest BCUT2D eigenvalue weighted by Gasteiger charge is -2.44. The average Bonchev–Trinajstić information content (AvgIpc) is 2.99. The van der Waals surface area contributed by atoms with Crippen LogP contribution in [0.4, 0.5) is 0 Å².